The highest BCUT2D eigenvalue weighted by Gasteiger charge is 2.13. The van der Waals surface area contributed by atoms with Crippen LogP contribution in [0.3, 0.4) is 0 Å². The minimum atomic E-state index is 0.377. The van der Waals surface area contributed by atoms with Gasteiger partial charge in [0.1, 0.15) is 6.07 Å². The van der Waals surface area contributed by atoms with Crippen molar-refractivity contribution in [2.45, 2.75) is 32.2 Å². The van der Waals surface area contributed by atoms with Gasteiger partial charge < -0.3 is 10.2 Å². The largest absolute Gasteiger partial charge is 0.381 e. The van der Waals surface area contributed by atoms with Gasteiger partial charge in [-0.25, -0.2) is 0 Å². The molecule has 1 heterocycles. The van der Waals surface area contributed by atoms with Gasteiger partial charge in [-0.2, -0.15) is 5.26 Å². The third-order valence-corrected chi connectivity index (χ3v) is 3.80. The zero-order valence-corrected chi connectivity index (χ0v) is 12.1. The molecule has 0 aromatic heterocycles. The first-order valence-electron chi connectivity index (χ1n) is 6.87. The Morgan fingerprint density at radius 3 is 2.74 bits per heavy atom. The molecule has 1 atom stereocenters. The maximum atomic E-state index is 8.85. The van der Waals surface area contributed by atoms with E-state index in [9.17, 15) is 0 Å². The first-order valence-corrected chi connectivity index (χ1v) is 7.25. The lowest BCUT2D eigenvalue weighted by Gasteiger charge is -2.29. The molecule has 0 bridgehead atoms. The molecule has 1 aliphatic heterocycles. The van der Waals surface area contributed by atoms with Crippen molar-refractivity contribution in [3.05, 3.63) is 28.8 Å². The average molecular weight is 278 g/mol. The van der Waals surface area contributed by atoms with E-state index in [4.69, 9.17) is 16.9 Å². The lowest BCUT2D eigenvalue weighted by molar-refractivity contribution is 0.223. The van der Waals surface area contributed by atoms with Gasteiger partial charge in [0.2, 0.25) is 0 Å². The lowest BCUT2D eigenvalue weighted by Crippen LogP contribution is -2.38. The molecule has 102 valence electrons. The molecule has 1 saturated heterocycles. The Labute approximate surface area is 120 Å². The third-order valence-electron chi connectivity index (χ3n) is 3.48. The molecular formula is C15H20ClN3. The van der Waals surface area contributed by atoms with Crippen molar-refractivity contribution in [2.75, 3.05) is 25.0 Å². The summed E-state index contributed by atoms with van der Waals surface area (Å²) in [5, 5.41) is 12.8. The van der Waals surface area contributed by atoms with Gasteiger partial charge in [0.15, 0.2) is 0 Å². The van der Waals surface area contributed by atoms with Crippen molar-refractivity contribution in [3.63, 3.8) is 0 Å². The number of anilines is 1. The fourth-order valence-electron chi connectivity index (χ4n) is 2.55. The van der Waals surface area contributed by atoms with E-state index >= 15 is 0 Å². The molecule has 1 N–H and O–H groups in total. The van der Waals surface area contributed by atoms with Gasteiger partial charge in [0.25, 0.3) is 0 Å². The van der Waals surface area contributed by atoms with Crippen LogP contribution in [0.5, 0.6) is 0 Å². The van der Waals surface area contributed by atoms with Crippen molar-refractivity contribution in [1.29, 1.82) is 5.26 Å². The predicted octanol–water partition coefficient (Wildman–Crippen LogP) is 3.50. The van der Waals surface area contributed by atoms with Crippen LogP contribution in [0.2, 0.25) is 5.02 Å². The normalized spacial score (nSPS) is 17.7. The highest BCUT2D eigenvalue weighted by atomic mass is 35.5. The van der Waals surface area contributed by atoms with E-state index in [1.165, 1.54) is 32.4 Å². The summed E-state index contributed by atoms with van der Waals surface area (Å²) in [5.74, 6) is 0. The second-order valence-corrected chi connectivity index (χ2v) is 5.62. The Bertz CT molecular complexity index is 461. The van der Waals surface area contributed by atoms with E-state index in [2.05, 4.69) is 23.2 Å². The monoisotopic (exact) mass is 277 g/mol. The fourth-order valence-corrected chi connectivity index (χ4v) is 2.78. The van der Waals surface area contributed by atoms with Gasteiger partial charge in [0, 0.05) is 18.3 Å². The smallest absolute Gasteiger partial charge is 0.101 e. The number of nitriles is 1. The molecule has 0 radical (unpaired) electrons. The molecule has 1 aliphatic rings. The maximum Gasteiger partial charge on any atom is 0.101 e. The van der Waals surface area contributed by atoms with E-state index < -0.39 is 0 Å². The van der Waals surface area contributed by atoms with Crippen LogP contribution in [-0.2, 0) is 0 Å². The van der Waals surface area contributed by atoms with Crippen LogP contribution in [0.25, 0.3) is 0 Å². The number of hydrogen-bond acceptors (Lipinski definition) is 3. The summed E-state index contributed by atoms with van der Waals surface area (Å²) in [5.41, 5.74) is 1.50. The molecule has 0 amide bonds. The van der Waals surface area contributed by atoms with Crippen molar-refractivity contribution in [1.82, 2.24) is 4.90 Å². The maximum absolute atomic E-state index is 8.85. The zero-order chi connectivity index (χ0) is 13.7. The summed E-state index contributed by atoms with van der Waals surface area (Å²) in [6.07, 6.45) is 3.99. The molecule has 1 aromatic rings. The number of rotatable bonds is 4. The van der Waals surface area contributed by atoms with Gasteiger partial charge in [-0.1, -0.05) is 18.0 Å². The molecule has 0 aliphatic carbocycles. The fraction of sp³-hybridized carbons (Fsp3) is 0.533. The Hall–Kier alpha value is -1.24. The molecule has 2 rings (SSSR count). The predicted molar refractivity (Wildman–Crippen MR) is 79.5 cm³/mol. The van der Waals surface area contributed by atoms with Gasteiger partial charge in [-0.3, -0.25) is 0 Å². The number of halogens is 1. The van der Waals surface area contributed by atoms with Crippen molar-refractivity contribution in [3.8, 4) is 6.07 Å². The molecule has 1 aromatic carbocycles. The summed E-state index contributed by atoms with van der Waals surface area (Å²) in [6.45, 7) is 5.65. The highest BCUT2D eigenvalue weighted by Crippen LogP contribution is 2.21. The van der Waals surface area contributed by atoms with Crippen molar-refractivity contribution in [2.24, 2.45) is 0 Å². The van der Waals surface area contributed by atoms with Gasteiger partial charge in [-0.05, 0) is 51.1 Å². The van der Waals surface area contributed by atoms with E-state index in [0.717, 1.165) is 12.2 Å². The minimum Gasteiger partial charge on any atom is -0.381 e. The first-order chi connectivity index (χ1) is 9.19. The highest BCUT2D eigenvalue weighted by molar-refractivity contribution is 6.32. The number of nitrogens with one attached hydrogen (secondary N) is 1. The van der Waals surface area contributed by atoms with Crippen LogP contribution >= 0.6 is 11.6 Å². The molecule has 1 fully saturated rings. The van der Waals surface area contributed by atoms with Gasteiger partial charge >= 0.3 is 0 Å². The number of piperidine rings is 1. The lowest BCUT2D eigenvalue weighted by atomic mass is 10.1. The van der Waals surface area contributed by atoms with Crippen LogP contribution in [-0.4, -0.2) is 30.6 Å². The molecule has 19 heavy (non-hydrogen) atoms. The number of benzene rings is 1. The SMILES string of the molecule is CC(CN1CCCCC1)Nc1ccc(C#N)c(Cl)c1. The summed E-state index contributed by atoms with van der Waals surface area (Å²) in [4.78, 5) is 2.51. The molecule has 1 unspecified atom stereocenters. The molecular weight excluding hydrogens is 258 g/mol. The topological polar surface area (TPSA) is 39.1 Å². The number of likely N-dealkylation sites (tertiary alicyclic amines) is 1. The van der Waals surface area contributed by atoms with E-state index in [0.29, 0.717) is 16.6 Å². The van der Waals surface area contributed by atoms with E-state index in [1.54, 1.807) is 6.07 Å². The summed E-state index contributed by atoms with van der Waals surface area (Å²) in [7, 11) is 0. The minimum absolute atomic E-state index is 0.377. The van der Waals surface area contributed by atoms with E-state index in [1.807, 2.05) is 12.1 Å². The van der Waals surface area contributed by atoms with Crippen LogP contribution in [0, 0.1) is 11.3 Å². The first kappa shape index (κ1) is 14.2. The second kappa shape index (κ2) is 6.79. The number of nitrogens with zero attached hydrogens (tertiary/aromatic N) is 2. The Balaban J connectivity index is 1.89. The third kappa shape index (κ3) is 4.12. The van der Waals surface area contributed by atoms with Crippen LogP contribution in [0.15, 0.2) is 18.2 Å². The van der Waals surface area contributed by atoms with E-state index in [-0.39, 0.29) is 0 Å². The van der Waals surface area contributed by atoms with Crippen molar-refractivity contribution >= 4 is 17.3 Å². The molecule has 4 heteroatoms. The van der Waals surface area contributed by atoms with Gasteiger partial charge in [0.05, 0.1) is 10.6 Å². The summed E-state index contributed by atoms with van der Waals surface area (Å²) in [6, 6.07) is 7.95. The van der Waals surface area contributed by atoms with Gasteiger partial charge in [-0.15, -0.1) is 0 Å². The van der Waals surface area contributed by atoms with Crippen LogP contribution < -0.4 is 5.32 Å². The average Bonchev–Trinajstić information content (AvgIpc) is 2.40. The zero-order valence-electron chi connectivity index (χ0n) is 11.3. The van der Waals surface area contributed by atoms with Crippen molar-refractivity contribution < 1.29 is 0 Å². The summed E-state index contributed by atoms with van der Waals surface area (Å²) < 4.78 is 0. The van der Waals surface area contributed by atoms with Crippen LogP contribution in [0.1, 0.15) is 31.7 Å². The quantitative estimate of drug-likeness (QED) is 0.916. The Kier molecular flexibility index (Phi) is 5.07. The molecule has 0 spiro atoms. The molecule has 0 saturated carbocycles. The van der Waals surface area contributed by atoms with Crippen LogP contribution in [0.4, 0.5) is 5.69 Å². The summed E-state index contributed by atoms with van der Waals surface area (Å²) >= 11 is 6.03. The Morgan fingerprint density at radius 1 is 1.37 bits per heavy atom. The standard InChI is InChI=1S/C15H20ClN3/c1-12(11-19-7-3-2-4-8-19)18-14-6-5-13(10-17)15(16)9-14/h5-6,9,12,18H,2-4,7-8,11H2,1H3. The molecule has 3 nitrogen and oxygen atoms in total. The second-order valence-electron chi connectivity index (χ2n) is 5.21. The Morgan fingerprint density at radius 2 is 2.11 bits per heavy atom. The number of hydrogen-bond donors (Lipinski definition) is 1.